The molecule has 2 aromatic rings. The van der Waals surface area contributed by atoms with Gasteiger partial charge in [0.25, 0.3) is 0 Å². The molecule has 1 aromatic heterocycles. The van der Waals surface area contributed by atoms with Crippen molar-refractivity contribution >= 4 is 16.7 Å². The van der Waals surface area contributed by atoms with Gasteiger partial charge in [0, 0.05) is 17.1 Å². The lowest BCUT2D eigenvalue weighted by Gasteiger charge is -1.99. The molecule has 0 bridgehead atoms. The van der Waals surface area contributed by atoms with Gasteiger partial charge in [-0.1, -0.05) is 12.1 Å². The number of nitrogens with zero attached hydrogens (tertiary/aromatic N) is 2. The summed E-state index contributed by atoms with van der Waals surface area (Å²) in [6.07, 6.45) is 1.77. The van der Waals surface area contributed by atoms with Crippen LogP contribution < -0.4 is 0 Å². The largest absolute Gasteiger partial charge is 0.295 e. The Kier molecular flexibility index (Phi) is 2.00. The second-order valence-corrected chi connectivity index (χ2v) is 3.25. The third kappa shape index (κ3) is 1.48. The van der Waals surface area contributed by atoms with Crippen molar-refractivity contribution in [2.45, 2.75) is 13.8 Å². The van der Waals surface area contributed by atoms with Crippen molar-refractivity contribution in [3.8, 4) is 0 Å². The number of rotatable bonds is 1. The van der Waals surface area contributed by atoms with Crippen LogP contribution in [0.5, 0.6) is 0 Å². The maximum atomic E-state index is 11.1. The third-order valence-electron chi connectivity index (χ3n) is 2.11. The zero-order valence-electron chi connectivity index (χ0n) is 8.11. The van der Waals surface area contributed by atoms with Gasteiger partial charge in [0.1, 0.15) is 5.82 Å². The molecule has 3 heteroatoms. The van der Waals surface area contributed by atoms with Gasteiger partial charge in [-0.05, 0) is 19.9 Å². The Morgan fingerprint density at radius 3 is 2.86 bits per heavy atom. The normalized spacial score (nSPS) is 10.4. The maximum absolute atomic E-state index is 11.1. The Hall–Kier alpha value is -1.77. The predicted octanol–water partition coefficient (Wildman–Crippen LogP) is 2.14. The molecule has 0 aliphatic rings. The van der Waals surface area contributed by atoms with E-state index in [2.05, 4.69) is 9.97 Å². The molecule has 0 saturated carbocycles. The fourth-order valence-electron chi connectivity index (χ4n) is 1.33. The quantitative estimate of drug-likeness (QED) is 0.641. The summed E-state index contributed by atoms with van der Waals surface area (Å²) in [6.45, 7) is 3.38. The highest BCUT2D eigenvalue weighted by molar-refractivity contribution is 5.97. The predicted molar refractivity (Wildman–Crippen MR) is 54.3 cm³/mol. The Morgan fingerprint density at radius 1 is 1.36 bits per heavy atom. The van der Waals surface area contributed by atoms with E-state index < -0.39 is 0 Å². The molecule has 0 amide bonds. The van der Waals surface area contributed by atoms with E-state index in [4.69, 9.17) is 0 Å². The number of Topliss-reactive ketones (excluding diaryl/α,β-unsaturated/α-hetero) is 1. The number of aryl methyl sites for hydroxylation is 1. The minimum absolute atomic E-state index is 0.0585. The van der Waals surface area contributed by atoms with E-state index >= 15 is 0 Å². The van der Waals surface area contributed by atoms with Crippen LogP contribution >= 0.6 is 0 Å². The minimum atomic E-state index is 0.0585. The third-order valence-corrected chi connectivity index (χ3v) is 2.11. The van der Waals surface area contributed by atoms with Crippen molar-refractivity contribution in [1.29, 1.82) is 0 Å². The van der Waals surface area contributed by atoms with Crippen molar-refractivity contribution in [2.24, 2.45) is 0 Å². The summed E-state index contributed by atoms with van der Waals surface area (Å²) < 4.78 is 0. The molecule has 70 valence electrons. The molecule has 0 atom stereocenters. The maximum Gasteiger partial charge on any atom is 0.159 e. The molecular weight excluding hydrogens is 176 g/mol. The summed E-state index contributed by atoms with van der Waals surface area (Å²) in [5.41, 5.74) is 1.51. The van der Waals surface area contributed by atoms with Crippen LogP contribution in [0, 0.1) is 6.92 Å². The number of carbonyl (C=O) groups excluding carboxylic acids is 1. The van der Waals surface area contributed by atoms with Gasteiger partial charge in [-0.25, -0.2) is 9.97 Å². The van der Waals surface area contributed by atoms with Gasteiger partial charge in [0.15, 0.2) is 5.78 Å². The first-order chi connectivity index (χ1) is 6.66. The number of hydrogen-bond donors (Lipinski definition) is 0. The van der Waals surface area contributed by atoms with Crippen molar-refractivity contribution in [2.75, 3.05) is 0 Å². The van der Waals surface area contributed by atoms with Crippen molar-refractivity contribution in [1.82, 2.24) is 9.97 Å². The second-order valence-electron chi connectivity index (χ2n) is 3.25. The van der Waals surface area contributed by atoms with Crippen molar-refractivity contribution in [3.63, 3.8) is 0 Å². The standard InChI is InChI=1S/C11H10N2O/c1-7(14)9-3-4-10-6-12-8(2)13-11(10)5-9/h3-6H,1-2H3. The van der Waals surface area contributed by atoms with Crippen LogP contribution in [0.4, 0.5) is 0 Å². The van der Waals surface area contributed by atoms with E-state index in [0.717, 1.165) is 16.7 Å². The first-order valence-electron chi connectivity index (χ1n) is 4.41. The molecule has 3 nitrogen and oxygen atoms in total. The highest BCUT2D eigenvalue weighted by atomic mass is 16.1. The highest BCUT2D eigenvalue weighted by Crippen LogP contribution is 2.13. The summed E-state index contributed by atoms with van der Waals surface area (Å²) in [5.74, 6) is 0.779. The molecule has 1 heterocycles. The van der Waals surface area contributed by atoms with Gasteiger partial charge in [-0.2, -0.15) is 0 Å². The fraction of sp³-hybridized carbons (Fsp3) is 0.182. The van der Waals surface area contributed by atoms with Gasteiger partial charge in [0.2, 0.25) is 0 Å². The molecule has 0 unspecified atom stereocenters. The van der Waals surface area contributed by atoms with Gasteiger partial charge >= 0.3 is 0 Å². The molecule has 0 N–H and O–H groups in total. The second kappa shape index (κ2) is 3.18. The summed E-state index contributed by atoms with van der Waals surface area (Å²) in [4.78, 5) is 19.5. The van der Waals surface area contributed by atoms with Crippen LogP contribution in [0.2, 0.25) is 0 Å². The Labute approximate surface area is 81.8 Å². The number of hydrogen-bond acceptors (Lipinski definition) is 3. The monoisotopic (exact) mass is 186 g/mol. The van der Waals surface area contributed by atoms with Crippen LogP contribution in [0.15, 0.2) is 24.4 Å². The fourth-order valence-corrected chi connectivity index (χ4v) is 1.33. The lowest BCUT2D eigenvalue weighted by molar-refractivity contribution is 0.101. The Bertz CT molecular complexity index is 506. The molecule has 14 heavy (non-hydrogen) atoms. The molecular formula is C11H10N2O. The highest BCUT2D eigenvalue weighted by Gasteiger charge is 2.01. The molecule has 0 radical (unpaired) electrons. The summed E-state index contributed by atoms with van der Waals surface area (Å²) in [7, 11) is 0. The molecule has 2 rings (SSSR count). The zero-order valence-corrected chi connectivity index (χ0v) is 8.11. The summed E-state index contributed by atoms with van der Waals surface area (Å²) >= 11 is 0. The Balaban J connectivity index is 2.69. The number of fused-ring (bicyclic) bond motifs is 1. The SMILES string of the molecule is CC(=O)c1ccc2cnc(C)nc2c1. The lowest BCUT2D eigenvalue weighted by Crippen LogP contribution is -1.93. The van der Waals surface area contributed by atoms with Crippen LogP contribution in [0.1, 0.15) is 23.1 Å². The molecule has 0 aliphatic carbocycles. The van der Waals surface area contributed by atoms with Gasteiger partial charge < -0.3 is 0 Å². The zero-order chi connectivity index (χ0) is 10.1. The number of aromatic nitrogens is 2. The minimum Gasteiger partial charge on any atom is -0.295 e. The van der Waals surface area contributed by atoms with Crippen LogP contribution in [0.3, 0.4) is 0 Å². The number of ketones is 1. The first kappa shape index (κ1) is 8.81. The molecule has 0 aliphatic heterocycles. The first-order valence-corrected chi connectivity index (χ1v) is 4.41. The van der Waals surface area contributed by atoms with Crippen LogP contribution in [0.25, 0.3) is 10.9 Å². The summed E-state index contributed by atoms with van der Waals surface area (Å²) in [5, 5.41) is 0.959. The average molecular weight is 186 g/mol. The lowest BCUT2D eigenvalue weighted by atomic mass is 10.1. The van der Waals surface area contributed by atoms with E-state index in [1.165, 1.54) is 0 Å². The Morgan fingerprint density at radius 2 is 2.14 bits per heavy atom. The van der Waals surface area contributed by atoms with Crippen LogP contribution in [-0.4, -0.2) is 15.8 Å². The summed E-state index contributed by atoms with van der Waals surface area (Å²) in [6, 6.07) is 5.46. The van der Waals surface area contributed by atoms with Gasteiger partial charge in [-0.15, -0.1) is 0 Å². The van der Waals surface area contributed by atoms with Gasteiger partial charge in [-0.3, -0.25) is 4.79 Å². The average Bonchev–Trinajstić information content (AvgIpc) is 2.16. The van der Waals surface area contributed by atoms with E-state index in [-0.39, 0.29) is 5.78 Å². The van der Waals surface area contributed by atoms with Crippen molar-refractivity contribution in [3.05, 3.63) is 35.8 Å². The number of carbonyl (C=O) groups is 1. The topological polar surface area (TPSA) is 42.9 Å². The molecule has 0 saturated heterocycles. The molecule has 1 aromatic carbocycles. The molecule has 0 fully saturated rings. The number of benzene rings is 1. The van der Waals surface area contributed by atoms with E-state index in [1.54, 1.807) is 25.3 Å². The van der Waals surface area contributed by atoms with Crippen LogP contribution in [-0.2, 0) is 0 Å². The molecule has 0 spiro atoms. The van der Waals surface area contributed by atoms with E-state index in [1.807, 2.05) is 13.0 Å². The van der Waals surface area contributed by atoms with Crippen molar-refractivity contribution < 1.29 is 4.79 Å². The van der Waals surface area contributed by atoms with E-state index in [0.29, 0.717) is 5.56 Å². The smallest absolute Gasteiger partial charge is 0.159 e. The van der Waals surface area contributed by atoms with E-state index in [9.17, 15) is 4.79 Å². The van der Waals surface area contributed by atoms with Gasteiger partial charge in [0.05, 0.1) is 5.52 Å².